The van der Waals surface area contributed by atoms with E-state index >= 15 is 0 Å². The van der Waals surface area contributed by atoms with E-state index in [0.29, 0.717) is 13.0 Å². The van der Waals surface area contributed by atoms with E-state index in [1.54, 1.807) is 0 Å². The fourth-order valence-corrected chi connectivity index (χ4v) is 6.25. The first kappa shape index (κ1) is 53.4. The number of hydrogen-bond donors (Lipinski definition) is 4. The molecule has 0 aromatic rings. The summed E-state index contributed by atoms with van der Waals surface area (Å²) in [7, 11) is 0. The summed E-state index contributed by atoms with van der Waals surface area (Å²) in [4.78, 5) is 12.8. The summed E-state index contributed by atoms with van der Waals surface area (Å²) >= 11 is 0. The third kappa shape index (κ3) is 30.4. The van der Waals surface area contributed by atoms with Crippen LogP contribution in [0.2, 0.25) is 0 Å². The Morgan fingerprint density at radius 2 is 1.05 bits per heavy atom. The maximum atomic E-state index is 12.8. The van der Waals surface area contributed by atoms with Crippen LogP contribution in [-0.2, 0) is 23.7 Å². The van der Waals surface area contributed by atoms with Gasteiger partial charge in [0.1, 0.15) is 30.5 Å². The SMILES string of the molecule is CC/C=C\C/C=C\C/C=C\C/C=C\C/C=C\C/C=C\CCCCC(=O)OC(COCCCCCCCC/C=C\CCCCCC)COC1OC(CO)C(O)C(O)C1O. The molecule has 9 heteroatoms. The minimum atomic E-state index is -1.55. The molecule has 1 rings (SSSR count). The molecule has 1 aliphatic heterocycles. The zero-order valence-electron chi connectivity index (χ0n) is 36.3. The van der Waals surface area contributed by atoms with E-state index in [2.05, 4.69) is 98.9 Å². The normalized spacial score (nSPS) is 21.1. The van der Waals surface area contributed by atoms with Gasteiger partial charge in [0.15, 0.2) is 6.29 Å². The molecule has 0 spiro atoms. The quantitative estimate of drug-likeness (QED) is 0.0275. The molecular formula is C49H82O9. The van der Waals surface area contributed by atoms with Gasteiger partial charge in [-0.05, 0) is 89.9 Å². The van der Waals surface area contributed by atoms with Crippen molar-refractivity contribution in [3.63, 3.8) is 0 Å². The maximum Gasteiger partial charge on any atom is 0.306 e. The number of rotatable bonds is 37. The highest BCUT2D eigenvalue weighted by Gasteiger charge is 2.44. The molecule has 0 saturated carbocycles. The third-order valence-electron chi connectivity index (χ3n) is 9.80. The lowest BCUT2D eigenvalue weighted by Gasteiger charge is -2.39. The average molecular weight is 815 g/mol. The van der Waals surface area contributed by atoms with Gasteiger partial charge in [0.05, 0.1) is 19.8 Å². The van der Waals surface area contributed by atoms with Gasteiger partial charge in [-0.3, -0.25) is 4.79 Å². The first-order chi connectivity index (χ1) is 28.4. The molecule has 6 atom stereocenters. The molecule has 0 aromatic heterocycles. The molecule has 1 saturated heterocycles. The van der Waals surface area contributed by atoms with Crippen molar-refractivity contribution in [2.75, 3.05) is 26.4 Å². The number of unbranched alkanes of at least 4 members (excludes halogenated alkanes) is 12. The van der Waals surface area contributed by atoms with Crippen LogP contribution < -0.4 is 0 Å². The summed E-state index contributed by atoms with van der Waals surface area (Å²) in [6, 6.07) is 0. The smallest absolute Gasteiger partial charge is 0.306 e. The van der Waals surface area contributed by atoms with Crippen molar-refractivity contribution in [3.05, 3.63) is 85.1 Å². The molecule has 1 heterocycles. The topological polar surface area (TPSA) is 135 Å². The van der Waals surface area contributed by atoms with E-state index in [-0.39, 0.29) is 25.6 Å². The van der Waals surface area contributed by atoms with E-state index < -0.39 is 43.4 Å². The summed E-state index contributed by atoms with van der Waals surface area (Å²) < 4.78 is 22.7. The molecule has 0 aromatic carbocycles. The molecule has 58 heavy (non-hydrogen) atoms. The first-order valence-electron chi connectivity index (χ1n) is 22.7. The predicted molar refractivity (Wildman–Crippen MR) is 237 cm³/mol. The lowest BCUT2D eigenvalue weighted by atomic mass is 9.99. The molecule has 6 unspecified atom stereocenters. The Balaban J connectivity index is 2.32. The van der Waals surface area contributed by atoms with Crippen LogP contribution in [0.15, 0.2) is 85.1 Å². The van der Waals surface area contributed by atoms with Crippen LogP contribution in [0.3, 0.4) is 0 Å². The number of allylic oxidation sites excluding steroid dienone is 14. The van der Waals surface area contributed by atoms with Gasteiger partial charge in [-0.15, -0.1) is 0 Å². The third-order valence-corrected chi connectivity index (χ3v) is 9.80. The molecule has 1 fully saturated rings. The second-order valence-electron chi connectivity index (χ2n) is 15.1. The zero-order valence-corrected chi connectivity index (χ0v) is 36.3. The van der Waals surface area contributed by atoms with Crippen molar-refractivity contribution in [2.24, 2.45) is 0 Å². The van der Waals surface area contributed by atoms with E-state index in [0.717, 1.165) is 77.0 Å². The maximum absolute atomic E-state index is 12.8. The standard InChI is InChI=1S/C49H82O9/c1-3-5-7-9-11-13-15-17-19-20-21-22-23-24-25-26-28-30-32-34-36-38-45(51)57-43(42-56-49-48(54)47(53)46(52)44(40-50)58-49)41-55-39-37-35-33-31-29-27-18-16-14-12-10-8-6-4-2/h5,7,11,13-14,16-17,19,21-22,24-25,28,30,43-44,46-50,52-54H,3-4,6,8-10,12,15,18,20,23,26-27,29,31-42H2,1-2H3/b7-5-,13-11-,16-14-,19-17-,22-21-,25-24-,30-28-. The molecular weight excluding hydrogens is 733 g/mol. The zero-order chi connectivity index (χ0) is 42.2. The molecule has 332 valence electrons. The number of aliphatic hydroxyl groups excluding tert-OH is 4. The molecule has 0 amide bonds. The molecule has 4 N–H and O–H groups in total. The van der Waals surface area contributed by atoms with Crippen LogP contribution in [0.5, 0.6) is 0 Å². The van der Waals surface area contributed by atoms with Crippen molar-refractivity contribution < 1.29 is 44.2 Å². The van der Waals surface area contributed by atoms with Gasteiger partial charge in [-0.25, -0.2) is 0 Å². The van der Waals surface area contributed by atoms with Crippen LogP contribution in [0.1, 0.15) is 155 Å². The number of esters is 1. The highest BCUT2D eigenvalue weighted by atomic mass is 16.7. The van der Waals surface area contributed by atoms with Crippen molar-refractivity contribution in [1.29, 1.82) is 0 Å². The lowest BCUT2D eigenvalue weighted by Crippen LogP contribution is -2.59. The average Bonchev–Trinajstić information content (AvgIpc) is 3.22. The molecule has 1 aliphatic rings. The Morgan fingerprint density at radius 3 is 1.60 bits per heavy atom. The minimum absolute atomic E-state index is 0.118. The minimum Gasteiger partial charge on any atom is -0.457 e. The molecule has 0 radical (unpaired) electrons. The van der Waals surface area contributed by atoms with E-state index in [9.17, 15) is 25.2 Å². The van der Waals surface area contributed by atoms with Crippen LogP contribution in [0.25, 0.3) is 0 Å². The second kappa shape index (κ2) is 39.8. The number of carbonyl (C=O) groups is 1. The summed E-state index contributed by atoms with van der Waals surface area (Å²) in [5.74, 6) is -0.361. The lowest BCUT2D eigenvalue weighted by molar-refractivity contribution is -0.305. The van der Waals surface area contributed by atoms with Crippen molar-refractivity contribution >= 4 is 5.97 Å². The van der Waals surface area contributed by atoms with E-state index in [1.165, 1.54) is 51.4 Å². The molecule has 0 aliphatic carbocycles. The van der Waals surface area contributed by atoms with Crippen LogP contribution in [0.4, 0.5) is 0 Å². The summed E-state index contributed by atoms with van der Waals surface area (Å²) in [5, 5.41) is 40.1. The van der Waals surface area contributed by atoms with Gasteiger partial charge in [0, 0.05) is 13.0 Å². The van der Waals surface area contributed by atoms with Gasteiger partial charge < -0.3 is 39.4 Å². The fourth-order valence-electron chi connectivity index (χ4n) is 6.25. The highest BCUT2D eigenvalue weighted by molar-refractivity contribution is 5.69. The number of aliphatic hydroxyl groups is 4. The number of ether oxygens (including phenoxy) is 4. The van der Waals surface area contributed by atoms with Crippen molar-refractivity contribution in [3.8, 4) is 0 Å². The largest absolute Gasteiger partial charge is 0.457 e. The van der Waals surface area contributed by atoms with Gasteiger partial charge in [-0.2, -0.15) is 0 Å². The van der Waals surface area contributed by atoms with E-state index in [4.69, 9.17) is 18.9 Å². The Bertz CT molecular complexity index is 1150. The number of carbonyl (C=O) groups excluding carboxylic acids is 1. The Morgan fingerprint density at radius 1 is 0.569 bits per heavy atom. The second-order valence-corrected chi connectivity index (χ2v) is 15.1. The van der Waals surface area contributed by atoms with Gasteiger partial charge >= 0.3 is 5.97 Å². The molecule has 0 bridgehead atoms. The Hall–Kier alpha value is -2.63. The monoisotopic (exact) mass is 815 g/mol. The van der Waals surface area contributed by atoms with Crippen molar-refractivity contribution in [2.45, 2.75) is 192 Å². The van der Waals surface area contributed by atoms with Gasteiger partial charge in [0.25, 0.3) is 0 Å². The summed E-state index contributed by atoms with van der Waals surface area (Å²) in [6.07, 6.45) is 46.1. The highest BCUT2D eigenvalue weighted by Crippen LogP contribution is 2.22. The van der Waals surface area contributed by atoms with Crippen molar-refractivity contribution in [1.82, 2.24) is 0 Å². The van der Waals surface area contributed by atoms with Crippen LogP contribution in [-0.4, -0.2) is 89.6 Å². The predicted octanol–water partition coefficient (Wildman–Crippen LogP) is 10.2. The summed E-state index contributed by atoms with van der Waals surface area (Å²) in [6.45, 7) is 4.34. The molecule has 9 nitrogen and oxygen atoms in total. The van der Waals surface area contributed by atoms with Crippen LogP contribution >= 0.6 is 0 Å². The van der Waals surface area contributed by atoms with E-state index in [1.807, 2.05) is 0 Å². The number of hydrogen-bond acceptors (Lipinski definition) is 9. The van der Waals surface area contributed by atoms with Gasteiger partial charge in [-0.1, -0.05) is 144 Å². The first-order valence-corrected chi connectivity index (χ1v) is 22.7. The van der Waals surface area contributed by atoms with Crippen LogP contribution in [0, 0.1) is 0 Å². The van der Waals surface area contributed by atoms with Gasteiger partial charge in [0.2, 0.25) is 0 Å². The Kier molecular flexibility index (Phi) is 36.6. The fraction of sp³-hybridized carbons (Fsp3) is 0.694. The Labute approximate surface area is 352 Å². The summed E-state index contributed by atoms with van der Waals surface area (Å²) in [5.41, 5.74) is 0.